The van der Waals surface area contributed by atoms with Crippen LogP contribution in [0.2, 0.25) is 0 Å². The summed E-state index contributed by atoms with van der Waals surface area (Å²) in [6.45, 7) is 1.52. The molecule has 0 aliphatic carbocycles. The van der Waals surface area contributed by atoms with E-state index in [0.717, 1.165) is 11.0 Å². The van der Waals surface area contributed by atoms with E-state index < -0.39 is 41.0 Å². The molecule has 8 heteroatoms. The monoisotopic (exact) mass is 307 g/mol. The van der Waals surface area contributed by atoms with E-state index in [-0.39, 0.29) is 6.42 Å². The van der Waals surface area contributed by atoms with Gasteiger partial charge < -0.3 is 10.0 Å². The van der Waals surface area contributed by atoms with Gasteiger partial charge in [-0.05, 0) is 24.6 Å². The summed E-state index contributed by atoms with van der Waals surface area (Å²) in [6, 6.07) is 0.628. The summed E-state index contributed by atoms with van der Waals surface area (Å²) in [6.07, 6.45) is -4.85. The Kier molecular flexibility index (Phi) is 4.93. The van der Waals surface area contributed by atoms with E-state index in [1.165, 1.54) is 14.0 Å². The van der Waals surface area contributed by atoms with Crippen molar-refractivity contribution >= 4 is 11.9 Å². The Balaban J connectivity index is 3.17. The Morgan fingerprint density at radius 3 is 2.33 bits per heavy atom. The Bertz CT molecular complexity index is 557. The molecule has 0 heterocycles. The van der Waals surface area contributed by atoms with Crippen LogP contribution in [0.15, 0.2) is 18.2 Å². The first-order chi connectivity index (χ1) is 9.59. The van der Waals surface area contributed by atoms with Gasteiger partial charge in [-0.15, -0.1) is 0 Å². The van der Waals surface area contributed by atoms with Gasteiger partial charge in [-0.1, -0.05) is 6.92 Å². The van der Waals surface area contributed by atoms with Crippen LogP contribution in [-0.2, 0) is 11.0 Å². The molecule has 1 amide bonds. The lowest BCUT2D eigenvalue weighted by molar-refractivity contribution is -0.142. The maximum atomic E-state index is 13.1. The van der Waals surface area contributed by atoms with Gasteiger partial charge in [-0.25, -0.2) is 9.18 Å². The SMILES string of the molecule is CCC(C(=O)O)N(C)C(=O)c1ccc(F)c(C(F)(F)F)c1. The van der Waals surface area contributed by atoms with Crippen LogP contribution in [0.3, 0.4) is 0 Å². The summed E-state index contributed by atoms with van der Waals surface area (Å²) < 4.78 is 50.9. The molecule has 1 aromatic rings. The van der Waals surface area contributed by atoms with E-state index in [1.807, 2.05) is 0 Å². The Labute approximate surface area is 118 Å². The normalized spacial score (nSPS) is 12.9. The van der Waals surface area contributed by atoms with E-state index in [9.17, 15) is 27.2 Å². The Morgan fingerprint density at radius 1 is 1.33 bits per heavy atom. The third-order valence-electron chi connectivity index (χ3n) is 2.98. The number of carboxylic acid groups (broad SMARTS) is 1. The average Bonchev–Trinajstić information content (AvgIpc) is 2.37. The largest absolute Gasteiger partial charge is 0.480 e. The number of aliphatic carboxylic acids is 1. The molecule has 1 N–H and O–H groups in total. The van der Waals surface area contributed by atoms with Crippen molar-refractivity contribution in [2.45, 2.75) is 25.6 Å². The number of benzene rings is 1. The minimum Gasteiger partial charge on any atom is -0.480 e. The summed E-state index contributed by atoms with van der Waals surface area (Å²) >= 11 is 0. The van der Waals surface area contributed by atoms with Gasteiger partial charge in [-0.3, -0.25) is 4.79 Å². The van der Waals surface area contributed by atoms with Crippen LogP contribution in [0.5, 0.6) is 0 Å². The van der Waals surface area contributed by atoms with Gasteiger partial charge in [-0.2, -0.15) is 13.2 Å². The highest BCUT2D eigenvalue weighted by Gasteiger charge is 2.35. The molecule has 0 aromatic heterocycles. The summed E-state index contributed by atoms with van der Waals surface area (Å²) in [5, 5.41) is 8.93. The molecule has 1 unspecified atom stereocenters. The fourth-order valence-electron chi connectivity index (χ4n) is 1.83. The minimum atomic E-state index is -4.93. The highest BCUT2D eigenvalue weighted by Crippen LogP contribution is 2.32. The van der Waals surface area contributed by atoms with Crippen LogP contribution < -0.4 is 0 Å². The lowest BCUT2D eigenvalue weighted by Crippen LogP contribution is -2.42. The molecule has 0 saturated carbocycles. The van der Waals surface area contributed by atoms with E-state index in [0.29, 0.717) is 12.1 Å². The molecule has 21 heavy (non-hydrogen) atoms. The number of hydrogen-bond acceptors (Lipinski definition) is 2. The predicted octanol–water partition coefficient (Wildman–Crippen LogP) is 2.78. The van der Waals surface area contributed by atoms with Crippen molar-refractivity contribution in [2.75, 3.05) is 7.05 Å². The van der Waals surface area contributed by atoms with E-state index in [2.05, 4.69) is 0 Å². The van der Waals surface area contributed by atoms with Gasteiger partial charge in [0.15, 0.2) is 0 Å². The standard InChI is InChI=1S/C13H13F4NO3/c1-3-10(12(20)21)18(2)11(19)7-4-5-9(14)8(6-7)13(15,16)17/h4-6,10H,3H2,1-2H3,(H,20,21). The molecular formula is C13H13F4NO3. The van der Waals surface area contributed by atoms with Gasteiger partial charge >= 0.3 is 12.1 Å². The highest BCUT2D eigenvalue weighted by molar-refractivity contribution is 5.96. The highest BCUT2D eigenvalue weighted by atomic mass is 19.4. The fourth-order valence-corrected chi connectivity index (χ4v) is 1.83. The number of carbonyl (C=O) groups is 2. The zero-order valence-electron chi connectivity index (χ0n) is 11.2. The number of halogens is 4. The molecule has 1 rings (SSSR count). The molecule has 0 saturated heterocycles. The number of alkyl halides is 3. The first kappa shape index (κ1) is 16.9. The second-order valence-corrected chi connectivity index (χ2v) is 4.37. The van der Waals surface area contributed by atoms with Crippen molar-refractivity contribution in [1.82, 2.24) is 4.90 Å². The molecule has 116 valence electrons. The first-order valence-corrected chi connectivity index (χ1v) is 5.96. The maximum Gasteiger partial charge on any atom is 0.419 e. The van der Waals surface area contributed by atoms with Gasteiger partial charge in [0.05, 0.1) is 5.56 Å². The smallest absolute Gasteiger partial charge is 0.419 e. The van der Waals surface area contributed by atoms with Gasteiger partial charge in [0, 0.05) is 12.6 Å². The topological polar surface area (TPSA) is 57.6 Å². The number of likely N-dealkylation sites (N-methyl/N-ethyl adjacent to an activating group) is 1. The van der Waals surface area contributed by atoms with Gasteiger partial charge in [0.1, 0.15) is 11.9 Å². The second kappa shape index (κ2) is 6.11. The zero-order chi connectivity index (χ0) is 16.4. The number of nitrogens with zero attached hydrogens (tertiary/aromatic N) is 1. The molecule has 0 fully saturated rings. The summed E-state index contributed by atoms with van der Waals surface area (Å²) in [4.78, 5) is 23.8. The molecule has 0 bridgehead atoms. The van der Waals surface area contributed by atoms with Crippen LogP contribution >= 0.6 is 0 Å². The summed E-state index contributed by atoms with van der Waals surface area (Å²) in [7, 11) is 1.17. The van der Waals surface area contributed by atoms with E-state index in [1.54, 1.807) is 0 Å². The number of carbonyl (C=O) groups excluding carboxylic acids is 1. The summed E-state index contributed by atoms with van der Waals surface area (Å²) in [5.74, 6) is -3.69. The zero-order valence-corrected chi connectivity index (χ0v) is 11.2. The molecule has 0 aliphatic rings. The fraction of sp³-hybridized carbons (Fsp3) is 0.385. The average molecular weight is 307 g/mol. The van der Waals surface area contributed by atoms with Crippen LogP contribution in [-0.4, -0.2) is 35.0 Å². The molecule has 1 atom stereocenters. The minimum absolute atomic E-state index is 0.0882. The molecule has 0 aliphatic heterocycles. The van der Waals surface area contributed by atoms with Gasteiger partial charge in [0.25, 0.3) is 5.91 Å². The van der Waals surface area contributed by atoms with Crippen molar-refractivity contribution in [2.24, 2.45) is 0 Å². The van der Waals surface area contributed by atoms with Crippen LogP contribution in [0.25, 0.3) is 0 Å². The van der Waals surface area contributed by atoms with E-state index in [4.69, 9.17) is 5.11 Å². The third-order valence-corrected chi connectivity index (χ3v) is 2.98. The quantitative estimate of drug-likeness (QED) is 0.870. The number of rotatable bonds is 4. The van der Waals surface area contributed by atoms with Crippen LogP contribution in [0, 0.1) is 5.82 Å². The van der Waals surface area contributed by atoms with Crippen LogP contribution in [0.4, 0.5) is 17.6 Å². The molecule has 0 spiro atoms. The van der Waals surface area contributed by atoms with Crippen molar-refractivity contribution in [3.05, 3.63) is 35.1 Å². The predicted molar refractivity (Wildman–Crippen MR) is 65.2 cm³/mol. The Hall–Kier alpha value is -2.12. The molecule has 4 nitrogen and oxygen atoms in total. The number of hydrogen-bond donors (Lipinski definition) is 1. The second-order valence-electron chi connectivity index (χ2n) is 4.37. The maximum absolute atomic E-state index is 13.1. The molecule has 1 aromatic carbocycles. The van der Waals surface area contributed by atoms with Crippen LogP contribution in [0.1, 0.15) is 29.3 Å². The number of amides is 1. The van der Waals surface area contributed by atoms with Crippen molar-refractivity contribution < 1.29 is 32.3 Å². The van der Waals surface area contributed by atoms with Crippen molar-refractivity contribution in [1.29, 1.82) is 0 Å². The van der Waals surface area contributed by atoms with Crippen molar-refractivity contribution in [3.63, 3.8) is 0 Å². The van der Waals surface area contributed by atoms with E-state index >= 15 is 0 Å². The number of carboxylic acids is 1. The molecular weight excluding hydrogens is 294 g/mol. The lowest BCUT2D eigenvalue weighted by atomic mass is 10.1. The molecule has 0 radical (unpaired) electrons. The first-order valence-electron chi connectivity index (χ1n) is 5.96. The Morgan fingerprint density at radius 2 is 1.90 bits per heavy atom. The third kappa shape index (κ3) is 3.71. The summed E-state index contributed by atoms with van der Waals surface area (Å²) in [5.41, 5.74) is -1.99. The lowest BCUT2D eigenvalue weighted by Gasteiger charge is -2.24. The van der Waals surface area contributed by atoms with Gasteiger partial charge in [0.2, 0.25) is 0 Å². The van der Waals surface area contributed by atoms with Crippen molar-refractivity contribution in [3.8, 4) is 0 Å².